The van der Waals surface area contributed by atoms with E-state index in [0.29, 0.717) is 5.56 Å². The molecule has 3 heteroatoms. The molecular formula is C8H8O3. The summed E-state index contributed by atoms with van der Waals surface area (Å²) in [6.07, 6.45) is 1.28. The number of ketones is 1. The number of hydrogen-bond acceptors (Lipinski definition) is 3. The van der Waals surface area contributed by atoms with E-state index in [9.17, 15) is 9.59 Å². The molecule has 1 aromatic heterocycles. The summed E-state index contributed by atoms with van der Waals surface area (Å²) < 4.78 is 4.52. The van der Waals surface area contributed by atoms with E-state index in [1.807, 2.05) is 0 Å². The average molecular weight is 152 g/mol. The summed E-state index contributed by atoms with van der Waals surface area (Å²) >= 11 is 0. The summed E-state index contributed by atoms with van der Waals surface area (Å²) in [6, 6.07) is 1.60. The monoisotopic (exact) mass is 152 g/mol. The van der Waals surface area contributed by atoms with Gasteiger partial charge in [-0.25, -0.2) is 4.79 Å². The molecule has 11 heavy (non-hydrogen) atoms. The van der Waals surface area contributed by atoms with Crippen molar-refractivity contribution in [3.63, 3.8) is 0 Å². The van der Waals surface area contributed by atoms with E-state index < -0.39 is 5.63 Å². The molecule has 1 rings (SSSR count). The smallest absolute Gasteiger partial charge is 0.346 e. The van der Waals surface area contributed by atoms with Gasteiger partial charge in [-0.2, -0.15) is 0 Å². The lowest BCUT2D eigenvalue weighted by molar-refractivity contribution is 0.101. The van der Waals surface area contributed by atoms with Crippen LogP contribution in [0.25, 0.3) is 0 Å². The minimum absolute atomic E-state index is 0.146. The predicted octanol–water partition coefficient (Wildman–Crippen LogP) is 1.15. The van der Waals surface area contributed by atoms with Gasteiger partial charge in [-0.15, -0.1) is 0 Å². The van der Waals surface area contributed by atoms with Gasteiger partial charge in [0.25, 0.3) is 0 Å². The Morgan fingerprint density at radius 2 is 2.18 bits per heavy atom. The number of hydrogen-bond donors (Lipinski definition) is 0. The fourth-order valence-electron chi connectivity index (χ4n) is 0.923. The number of aryl methyl sites for hydroxylation is 1. The third-order valence-corrected chi connectivity index (χ3v) is 1.44. The maximum atomic E-state index is 10.9. The lowest BCUT2D eigenvalue weighted by atomic mass is 10.1. The Bertz CT molecular complexity index is 335. The van der Waals surface area contributed by atoms with Gasteiger partial charge in [0, 0.05) is 0 Å². The number of carbonyl (C=O) groups is 1. The zero-order valence-corrected chi connectivity index (χ0v) is 6.38. The molecule has 0 unspecified atom stereocenters. The Kier molecular flexibility index (Phi) is 1.89. The van der Waals surface area contributed by atoms with Gasteiger partial charge in [0.05, 0.1) is 6.26 Å². The van der Waals surface area contributed by atoms with Crippen molar-refractivity contribution in [1.82, 2.24) is 0 Å². The second kappa shape index (κ2) is 2.70. The van der Waals surface area contributed by atoms with Gasteiger partial charge in [0.2, 0.25) is 0 Å². The molecule has 0 radical (unpaired) electrons. The summed E-state index contributed by atoms with van der Waals surface area (Å²) in [4.78, 5) is 21.7. The van der Waals surface area contributed by atoms with E-state index in [1.54, 1.807) is 13.0 Å². The van der Waals surface area contributed by atoms with Crippen molar-refractivity contribution in [3.05, 3.63) is 33.9 Å². The van der Waals surface area contributed by atoms with E-state index in [1.165, 1.54) is 13.2 Å². The minimum Gasteiger partial charge on any atom is -0.431 e. The van der Waals surface area contributed by atoms with E-state index in [2.05, 4.69) is 4.42 Å². The highest BCUT2D eigenvalue weighted by Crippen LogP contribution is 2.01. The van der Waals surface area contributed by atoms with Crippen molar-refractivity contribution >= 4 is 5.78 Å². The molecule has 0 aliphatic heterocycles. The molecule has 0 bridgehead atoms. The Morgan fingerprint density at radius 1 is 1.55 bits per heavy atom. The first kappa shape index (κ1) is 7.72. The third kappa shape index (κ3) is 1.37. The molecule has 0 aliphatic rings. The van der Waals surface area contributed by atoms with Crippen LogP contribution in [-0.2, 0) is 0 Å². The molecule has 0 aromatic carbocycles. The van der Waals surface area contributed by atoms with Gasteiger partial charge < -0.3 is 4.42 Å². The third-order valence-electron chi connectivity index (χ3n) is 1.44. The normalized spacial score (nSPS) is 9.64. The molecule has 0 amide bonds. The summed E-state index contributed by atoms with van der Waals surface area (Å²) in [5.41, 5.74) is 0.249. The first-order valence-corrected chi connectivity index (χ1v) is 3.22. The van der Waals surface area contributed by atoms with Crippen LogP contribution in [0.4, 0.5) is 0 Å². The van der Waals surface area contributed by atoms with Crippen LogP contribution in [0.3, 0.4) is 0 Å². The van der Waals surface area contributed by atoms with Crippen LogP contribution in [0, 0.1) is 6.92 Å². The van der Waals surface area contributed by atoms with Gasteiger partial charge in [-0.05, 0) is 25.5 Å². The molecule has 0 N–H and O–H groups in total. The predicted molar refractivity (Wildman–Crippen MR) is 39.7 cm³/mol. The van der Waals surface area contributed by atoms with Gasteiger partial charge >= 0.3 is 5.63 Å². The number of carbonyl (C=O) groups excluding carboxylic acids is 1. The van der Waals surface area contributed by atoms with Crippen molar-refractivity contribution in [2.24, 2.45) is 0 Å². The molecular weight excluding hydrogens is 144 g/mol. The van der Waals surface area contributed by atoms with Crippen molar-refractivity contribution in [2.75, 3.05) is 0 Å². The lowest BCUT2D eigenvalue weighted by Crippen LogP contribution is -2.12. The van der Waals surface area contributed by atoms with Crippen LogP contribution in [0.5, 0.6) is 0 Å². The van der Waals surface area contributed by atoms with E-state index in [-0.39, 0.29) is 11.3 Å². The summed E-state index contributed by atoms with van der Waals surface area (Å²) in [7, 11) is 0. The van der Waals surface area contributed by atoms with E-state index in [0.717, 1.165) is 0 Å². The van der Waals surface area contributed by atoms with Crippen LogP contribution in [0.15, 0.2) is 21.5 Å². The van der Waals surface area contributed by atoms with E-state index in [4.69, 9.17) is 0 Å². The topological polar surface area (TPSA) is 47.3 Å². The van der Waals surface area contributed by atoms with Gasteiger partial charge in [-0.3, -0.25) is 4.79 Å². The van der Waals surface area contributed by atoms with Crippen molar-refractivity contribution in [3.8, 4) is 0 Å². The largest absolute Gasteiger partial charge is 0.431 e. The zero-order valence-electron chi connectivity index (χ0n) is 6.38. The Balaban J connectivity index is 3.45. The average Bonchev–Trinajstić information content (AvgIpc) is 1.85. The Hall–Kier alpha value is -1.38. The standard InChI is InChI=1S/C8H8O3/c1-5-3-4-11-8(10)7(5)6(2)9/h3-4H,1-2H3. The number of Topliss-reactive ketones (excluding diaryl/α,β-unsaturated/α-hetero) is 1. The summed E-state index contributed by atoms with van der Waals surface area (Å²) in [5, 5.41) is 0. The molecule has 58 valence electrons. The summed E-state index contributed by atoms with van der Waals surface area (Å²) in [5.74, 6) is -0.253. The van der Waals surface area contributed by atoms with Crippen LogP contribution in [-0.4, -0.2) is 5.78 Å². The molecule has 0 spiro atoms. The van der Waals surface area contributed by atoms with Crippen molar-refractivity contribution in [2.45, 2.75) is 13.8 Å². The van der Waals surface area contributed by atoms with Crippen LogP contribution in [0.2, 0.25) is 0 Å². The molecule has 0 saturated heterocycles. The molecule has 1 aromatic rings. The van der Waals surface area contributed by atoms with E-state index >= 15 is 0 Å². The van der Waals surface area contributed by atoms with Gasteiger partial charge in [0.1, 0.15) is 5.56 Å². The molecule has 0 fully saturated rings. The zero-order chi connectivity index (χ0) is 8.43. The lowest BCUT2D eigenvalue weighted by Gasteiger charge is -1.95. The molecule has 1 heterocycles. The summed E-state index contributed by atoms with van der Waals surface area (Å²) in [6.45, 7) is 3.05. The quantitative estimate of drug-likeness (QED) is 0.567. The second-order valence-corrected chi connectivity index (χ2v) is 2.32. The molecule has 0 aliphatic carbocycles. The highest BCUT2D eigenvalue weighted by atomic mass is 16.4. The first-order chi connectivity index (χ1) is 5.13. The van der Waals surface area contributed by atoms with Crippen LogP contribution >= 0.6 is 0 Å². The van der Waals surface area contributed by atoms with Crippen molar-refractivity contribution in [1.29, 1.82) is 0 Å². The number of rotatable bonds is 1. The van der Waals surface area contributed by atoms with Crippen LogP contribution < -0.4 is 5.63 Å². The highest BCUT2D eigenvalue weighted by Gasteiger charge is 2.08. The SMILES string of the molecule is CC(=O)c1c(C)ccoc1=O. The van der Waals surface area contributed by atoms with Crippen LogP contribution in [0.1, 0.15) is 22.8 Å². The molecule has 3 nitrogen and oxygen atoms in total. The fraction of sp³-hybridized carbons (Fsp3) is 0.250. The highest BCUT2D eigenvalue weighted by molar-refractivity contribution is 5.94. The molecule has 0 saturated carbocycles. The second-order valence-electron chi connectivity index (χ2n) is 2.32. The first-order valence-electron chi connectivity index (χ1n) is 3.22. The van der Waals surface area contributed by atoms with Gasteiger partial charge in [0.15, 0.2) is 5.78 Å². The Morgan fingerprint density at radius 3 is 2.55 bits per heavy atom. The molecule has 0 atom stereocenters. The minimum atomic E-state index is -0.558. The van der Waals surface area contributed by atoms with Gasteiger partial charge in [-0.1, -0.05) is 0 Å². The van der Waals surface area contributed by atoms with Crippen molar-refractivity contribution < 1.29 is 9.21 Å². The maximum Gasteiger partial charge on any atom is 0.346 e. The Labute approximate surface area is 63.7 Å². The fourth-order valence-corrected chi connectivity index (χ4v) is 0.923. The maximum absolute atomic E-state index is 10.9.